The monoisotopic (exact) mass is 346 g/mol. The molecule has 3 N–H and O–H groups in total. The molecule has 0 aliphatic rings. The minimum Gasteiger partial charge on any atom is -0.366 e. The zero-order valence-corrected chi connectivity index (χ0v) is 13.1. The number of hydrogen-bond acceptors (Lipinski definition) is 2. The van der Waals surface area contributed by atoms with Crippen molar-refractivity contribution in [3.8, 4) is 0 Å². The average Bonchev–Trinajstić information content (AvgIpc) is 2.49. The van der Waals surface area contributed by atoms with Crippen LogP contribution in [0.1, 0.15) is 31.8 Å². The van der Waals surface area contributed by atoms with Gasteiger partial charge in [-0.25, -0.2) is 0 Å². The van der Waals surface area contributed by atoms with Crippen molar-refractivity contribution in [3.05, 3.63) is 64.7 Å². The number of anilines is 1. The van der Waals surface area contributed by atoms with Gasteiger partial charge in [-0.2, -0.15) is 0 Å². The van der Waals surface area contributed by atoms with Gasteiger partial charge in [-0.05, 0) is 48.4 Å². The predicted molar refractivity (Wildman–Crippen MR) is 86.7 cm³/mol. The lowest BCUT2D eigenvalue weighted by molar-refractivity contribution is 0.0998. The van der Waals surface area contributed by atoms with E-state index < -0.39 is 5.91 Å². The average molecular weight is 347 g/mol. The van der Waals surface area contributed by atoms with Gasteiger partial charge in [0.1, 0.15) is 0 Å². The lowest BCUT2D eigenvalue weighted by Crippen LogP contribution is -2.14. The number of amides is 2. The fourth-order valence-corrected chi connectivity index (χ4v) is 2.27. The molecule has 0 radical (unpaired) electrons. The van der Waals surface area contributed by atoms with Crippen LogP contribution in [0, 0.1) is 6.92 Å². The Bertz CT molecular complexity index is 681. The first-order valence-electron chi connectivity index (χ1n) is 6.38. The van der Waals surface area contributed by atoms with Crippen LogP contribution in [0.15, 0.2) is 42.5 Å². The third-order valence-electron chi connectivity index (χ3n) is 3.13. The van der Waals surface area contributed by atoms with E-state index in [-0.39, 0.29) is 5.91 Å². The molecule has 5 heteroatoms. The van der Waals surface area contributed by atoms with Crippen LogP contribution < -0.4 is 11.1 Å². The summed E-state index contributed by atoms with van der Waals surface area (Å²) in [4.78, 5) is 23.3. The molecule has 0 unspecified atom stereocenters. The van der Waals surface area contributed by atoms with Gasteiger partial charge in [0.2, 0.25) is 5.91 Å². The zero-order valence-electron chi connectivity index (χ0n) is 11.5. The predicted octanol–water partition coefficient (Wildman–Crippen LogP) is 3.24. The van der Waals surface area contributed by atoms with Crippen LogP contribution in [-0.4, -0.2) is 11.8 Å². The molecule has 0 spiro atoms. The third-order valence-corrected chi connectivity index (χ3v) is 3.78. The fraction of sp³-hybridized carbons (Fsp3) is 0.125. The Kier molecular flexibility index (Phi) is 4.75. The SMILES string of the molecule is Cc1cc(C(N)=O)ccc1NC(=O)c1ccc(CBr)cc1. The number of nitrogens with two attached hydrogens (primary N) is 1. The van der Waals surface area contributed by atoms with Crippen molar-refractivity contribution in [2.24, 2.45) is 5.73 Å². The van der Waals surface area contributed by atoms with Crippen molar-refractivity contribution in [2.45, 2.75) is 12.3 Å². The number of nitrogens with one attached hydrogen (secondary N) is 1. The van der Waals surface area contributed by atoms with E-state index in [1.807, 2.05) is 19.1 Å². The molecule has 2 aromatic rings. The van der Waals surface area contributed by atoms with Crippen LogP contribution >= 0.6 is 15.9 Å². The van der Waals surface area contributed by atoms with E-state index in [1.54, 1.807) is 30.3 Å². The summed E-state index contributed by atoms with van der Waals surface area (Å²) in [6.45, 7) is 1.82. The van der Waals surface area contributed by atoms with Gasteiger partial charge < -0.3 is 11.1 Å². The second-order valence-corrected chi connectivity index (χ2v) is 5.24. The number of benzene rings is 2. The third kappa shape index (κ3) is 3.70. The standard InChI is InChI=1S/C16H15BrN2O2/c1-10-8-13(15(18)20)6-7-14(10)19-16(21)12-4-2-11(9-17)3-5-12/h2-8H,9H2,1H3,(H2,18,20)(H,19,21). The van der Waals surface area contributed by atoms with Crippen LogP contribution in [0.4, 0.5) is 5.69 Å². The number of halogens is 1. The van der Waals surface area contributed by atoms with E-state index in [4.69, 9.17) is 5.73 Å². The first kappa shape index (κ1) is 15.3. The van der Waals surface area contributed by atoms with Gasteiger partial charge in [0.15, 0.2) is 0 Å². The van der Waals surface area contributed by atoms with E-state index in [2.05, 4.69) is 21.2 Å². The summed E-state index contributed by atoms with van der Waals surface area (Å²) in [7, 11) is 0. The molecule has 0 atom stereocenters. The number of carbonyl (C=O) groups is 2. The van der Waals surface area contributed by atoms with Gasteiger partial charge in [0.05, 0.1) is 0 Å². The van der Waals surface area contributed by atoms with Gasteiger partial charge in [-0.15, -0.1) is 0 Å². The first-order valence-corrected chi connectivity index (χ1v) is 7.50. The molecule has 0 aliphatic carbocycles. The highest BCUT2D eigenvalue weighted by molar-refractivity contribution is 9.08. The fourth-order valence-electron chi connectivity index (χ4n) is 1.90. The lowest BCUT2D eigenvalue weighted by atomic mass is 10.1. The summed E-state index contributed by atoms with van der Waals surface area (Å²) < 4.78 is 0. The Balaban J connectivity index is 2.17. The number of alkyl halides is 1. The molecule has 0 aliphatic heterocycles. The molecule has 108 valence electrons. The highest BCUT2D eigenvalue weighted by Gasteiger charge is 2.09. The van der Waals surface area contributed by atoms with Gasteiger partial charge in [0.25, 0.3) is 5.91 Å². The number of aryl methyl sites for hydroxylation is 1. The topological polar surface area (TPSA) is 72.2 Å². The first-order chi connectivity index (χ1) is 10.0. The molecule has 2 rings (SSSR count). The van der Waals surface area contributed by atoms with Crippen molar-refractivity contribution in [1.29, 1.82) is 0 Å². The molecule has 2 amide bonds. The van der Waals surface area contributed by atoms with Crippen molar-refractivity contribution in [1.82, 2.24) is 0 Å². The molecule has 2 aromatic carbocycles. The van der Waals surface area contributed by atoms with Crippen molar-refractivity contribution in [2.75, 3.05) is 5.32 Å². The summed E-state index contributed by atoms with van der Waals surface area (Å²) in [5.74, 6) is -0.674. The largest absolute Gasteiger partial charge is 0.366 e. The van der Waals surface area contributed by atoms with Crippen molar-refractivity contribution >= 4 is 33.4 Å². The van der Waals surface area contributed by atoms with E-state index in [0.29, 0.717) is 16.8 Å². The summed E-state index contributed by atoms with van der Waals surface area (Å²) >= 11 is 3.36. The molecule has 4 nitrogen and oxygen atoms in total. The molecule has 0 heterocycles. The minimum atomic E-state index is -0.485. The van der Waals surface area contributed by atoms with E-state index >= 15 is 0 Å². The molecule has 21 heavy (non-hydrogen) atoms. The maximum atomic E-state index is 12.2. The Morgan fingerprint density at radius 1 is 1.10 bits per heavy atom. The second kappa shape index (κ2) is 6.54. The number of carbonyl (C=O) groups excluding carboxylic acids is 2. The smallest absolute Gasteiger partial charge is 0.255 e. The van der Waals surface area contributed by atoms with E-state index in [9.17, 15) is 9.59 Å². The van der Waals surface area contributed by atoms with Crippen LogP contribution in [-0.2, 0) is 5.33 Å². The molecule has 0 bridgehead atoms. The van der Waals surface area contributed by atoms with Crippen molar-refractivity contribution in [3.63, 3.8) is 0 Å². The van der Waals surface area contributed by atoms with E-state index in [1.165, 1.54) is 0 Å². The van der Waals surface area contributed by atoms with Gasteiger partial charge >= 0.3 is 0 Å². The number of hydrogen-bond donors (Lipinski definition) is 2. The Hall–Kier alpha value is -2.14. The molecule has 0 saturated heterocycles. The van der Waals surface area contributed by atoms with Crippen LogP contribution in [0.5, 0.6) is 0 Å². The normalized spacial score (nSPS) is 10.2. The van der Waals surface area contributed by atoms with Crippen LogP contribution in [0.2, 0.25) is 0 Å². The summed E-state index contributed by atoms with van der Waals surface area (Å²) in [6, 6.07) is 12.3. The highest BCUT2D eigenvalue weighted by atomic mass is 79.9. The Morgan fingerprint density at radius 2 is 1.71 bits per heavy atom. The Morgan fingerprint density at radius 3 is 2.24 bits per heavy atom. The molecular formula is C16H15BrN2O2. The van der Waals surface area contributed by atoms with Gasteiger partial charge in [-0.1, -0.05) is 28.1 Å². The second-order valence-electron chi connectivity index (χ2n) is 4.68. The van der Waals surface area contributed by atoms with Gasteiger partial charge in [0, 0.05) is 22.1 Å². The summed E-state index contributed by atoms with van der Waals surface area (Å²) in [5.41, 5.74) is 8.78. The van der Waals surface area contributed by atoms with E-state index in [0.717, 1.165) is 16.5 Å². The molecule has 0 saturated carbocycles. The quantitative estimate of drug-likeness (QED) is 0.834. The molecule has 0 aromatic heterocycles. The highest BCUT2D eigenvalue weighted by Crippen LogP contribution is 2.18. The number of primary amides is 1. The maximum Gasteiger partial charge on any atom is 0.255 e. The Labute approximate surface area is 131 Å². The maximum absolute atomic E-state index is 12.2. The van der Waals surface area contributed by atoms with Gasteiger partial charge in [-0.3, -0.25) is 9.59 Å². The van der Waals surface area contributed by atoms with Crippen molar-refractivity contribution < 1.29 is 9.59 Å². The number of rotatable bonds is 4. The minimum absolute atomic E-state index is 0.189. The van der Waals surface area contributed by atoms with Crippen LogP contribution in [0.25, 0.3) is 0 Å². The lowest BCUT2D eigenvalue weighted by Gasteiger charge is -2.09. The summed E-state index contributed by atoms with van der Waals surface area (Å²) in [5, 5.41) is 3.58. The molecule has 0 fully saturated rings. The molecular weight excluding hydrogens is 332 g/mol. The van der Waals surface area contributed by atoms with Crippen LogP contribution in [0.3, 0.4) is 0 Å². The summed E-state index contributed by atoms with van der Waals surface area (Å²) in [6.07, 6.45) is 0. The zero-order chi connectivity index (χ0) is 15.4.